The van der Waals surface area contributed by atoms with E-state index in [2.05, 4.69) is 16.3 Å². The lowest BCUT2D eigenvalue weighted by molar-refractivity contribution is -0.120. The molecule has 1 unspecified atom stereocenters. The van der Waals surface area contributed by atoms with Crippen molar-refractivity contribution in [3.8, 4) is 0 Å². The highest BCUT2D eigenvalue weighted by molar-refractivity contribution is 6.30. The Kier molecular flexibility index (Phi) is 7.30. The standard InChI is InChI=1S/C27H27ClN2O3/c28-22-13-14-24(30-15-5-2-6-16-30)23(18-22)26(20-7-3-1-4-8-20)29-25(31)17-19-9-11-21(12-10-19)27(32)33/h1,3-4,7-14,18,26H,2,5-6,15-17H2,(H,29,31)(H,32,33). The van der Waals surface area contributed by atoms with Gasteiger partial charge in [0.25, 0.3) is 0 Å². The minimum atomic E-state index is -0.985. The molecule has 170 valence electrons. The van der Waals surface area contributed by atoms with Crippen molar-refractivity contribution < 1.29 is 14.7 Å². The third-order valence-corrected chi connectivity index (χ3v) is 6.24. The zero-order valence-electron chi connectivity index (χ0n) is 18.3. The van der Waals surface area contributed by atoms with Gasteiger partial charge in [0.2, 0.25) is 5.91 Å². The number of carbonyl (C=O) groups is 2. The van der Waals surface area contributed by atoms with E-state index < -0.39 is 5.97 Å². The minimum absolute atomic E-state index is 0.142. The maximum Gasteiger partial charge on any atom is 0.335 e. The van der Waals surface area contributed by atoms with Crippen molar-refractivity contribution in [2.45, 2.75) is 31.7 Å². The molecule has 1 heterocycles. The van der Waals surface area contributed by atoms with Gasteiger partial charge >= 0.3 is 5.97 Å². The number of hydrogen-bond acceptors (Lipinski definition) is 3. The molecule has 6 heteroatoms. The first-order valence-corrected chi connectivity index (χ1v) is 11.6. The quantitative estimate of drug-likeness (QED) is 0.488. The Balaban J connectivity index is 1.63. The zero-order chi connectivity index (χ0) is 23.2. The summed E-state index contributed by atoms with van der Waals surface area (Å²) in [5.41, 5.74) is 4.01. The van der Waals surface area contributed by atoms with Gasteiger partial charge in [-0.1, -0.05) is 54.1 Å². The number of carbonyl (C=O) groups excluding carboxylic acids is 1. The molecule has 0 spiro atoms. The first-order valence-electron chi connectivity index (χ1n) is 11.2. The van der Waals surface area contributed by atoms with Crippen LogP contribution >= 0.6 is 11.6 Å². The molecule has 2 N–H and O–H groups in total. The van der Waals surface area contributed by atoms with Crippen molar-refractivity contribution in [1.82, 2.24) is 5.32 Å². The van der Waals surface area contributed by atoms with Crippen molar-refractivity contribution in [3.05, 3.63) is 100 Å². The van der Waals surface area contributed by atoms with E-state index in [9.17, 15) is 9.59 Å². The topological polar surface area (TPSA) is 69.6 Å². The monoisotopic (exact) mass is 462 g/mol. The minimum Gasteiger partial charge on any atom is -0.478 e. The fraction of sp³-hybridized carbons (Fsp3) is 0.259. The highest BCUT2D eigenvalue weighted by atomic mass is 35.5. The summed E-state index contributed by atoms with van der Waals surface area (Å²) in [6, 6.07) is 21.8. The maximum absolute atomic E-state index is 13.1. The number of nitrogens with zero attached hydrogens (tertiary/aromatic N) is 1. The Morgan fingerprint density at radius 2 is 1.64 bits per heavy atom. The molecule has 1 aliphatic heterocycles. The Morgan fingerprint density at radius 1 is 0.939 bits per heavy atom. The molecule has 4 rings (SSSR count). The fourth-order valence-electron chi connectivity index (χ4n) is 4.33. The summed E-state index contributed by atoms with van der Waals surface area (Å²) in [5, 5.41) is 12.9. The highest BCUT2D eigenvalue weighted by Gasteiger charge is 2.24. The average Bonchev–Trinajstić information content (AvgIpc) is 2.84. The Hall–Kier alpha value is -3.31. The van der Waals surface area contributed by atoms with Gasteiger partial charge in [0.05, 0.1) is 18.0 Å². The normalized spacial score (nSPS) is 14.5. The summed E-state index contributed by atoms with van der Waals surface area (Å²) in [4.78, 5) is 26.6. The molecule has 3 aromatic carbocycles. The number of anilines is 1. The van der Waals surface area contributed by atoms with Crippen LogP contribution in [0, 0.1) is 0 Å². The van der Waals surface area contributed by atoms with Gasteiger partial charge in [-0.15, -0.1) is 0 Å². The number of aromatic carboxylic acids is 1. The van der Waals surface area contributed by atoms with Crippen LogP contribution in [0.4, 0.5) is 5.69 Å². The summed E-state index contributed by atoms with van der Waals surface area (Å²) in [5.74, 6) is -1.13. The van der Waals surface area contributed by atoms with Crippen molar-refractivity contribution in [3.63, 3.8) is 0 Å². The second kappa shape index (κ2) is 10.5. The summed E-state index contributed by atoms with van der Waals surface area (Å²) < 4.78 is 0. The Labute approximate surface area is 199 Å². The number of carboxylic acid groups (broad SMARTS) is 1. The van der Waals surface area contributed by atoms with E-state index >= 15 is 0 Å². The summed E-state index contributed by atoms with van der Waals surface area (Å²) in [6.45, 7) is 1.97. The number of benzene rings is 3. The average molecular weight is 463 g/mol. The van der Waals surface area contributed by atoms with Crippen molar-refractivity contribution in [1.29, 1.82) is 0 Å². The van der Waals surface area contributed by atoms with Gasteiger partial charge in [-0.3, -0.25) is 4.79 Å². The first kappa shape index (κ1) is 22.9. The number of nitrogens with one attached hydrogen (secondary N) is 1. The number of amides is 1. The molecule has 1 saturated heterocycles. The molecule has 33 heavy (non-hydrogen) atoms. The van der Waals surface area contributed by atoms with E-state index in [1.807, 2.05) is 42.5 Å². The van der Waals surface area contributed by atoms with Crippen LogP contribution in [0.2, 0.25) is 5.02 Å². The van der Waals surface area contributed by atoms with Crippen LogP contribution in [0.15, 0.2) is 72.8 Å². The van der Waals surface area contributed by atoms with Crippen molar-refractivity contribution in [2.75, 3.05) is 18.0 Å². The molecule has 0 radical (unpaired) electrons. The van der Waals surface area contributed by atoms with Crippen molar-refractivity contribution in [2.24, 2.45) is 0 Å². The maximum atomic E-state index is 13.1. The lowest BCUT2D eigenvalue weighted by Gasteiger charge is -2.33. The molecular weight excluding hydrogens is 436 g/mol. The van der Waals surface area contributed by atoms with Crippen LogP contribution in [0.25, 0.3) is 0 Å². The zero-order valence-corrected chi connectivity index (χ0v) is 19.1. The van der Waals surface area contributed by atoms with Crippen molar-refractivity contribution >= 4 is 29.2 Å². The molecule has 0 aliphatic carbocycles. The number of halogens is 1. The van der Waals surface area contributed by atoms with Crippen LogP contribution in [-0.2, 0) is 11.2 Å². The summed E-state index contributed by atoms with van der Waals surface area (Å²) >= 11 is 6.41. The number of carboxylic acids is 1. The molecule has 0 bridgehead atoms. The van der Waals surface area contributed by atoms with Crippen LogP contribution in [0.1, 0.15) is 52.4 Å². The van der Waals surface area contributed by atoms with Crippen LogP contribution < -0.4 is 10.2 Å². The molecular formula is C27H27ClN2O3. The molecule has 5 nitrogen and oxygen atoms in total. The van der Waals surface area contributed by atoms with Gasteiger partial charge in [0.15, 0.2) is 0 Å². The smallest absolute Gasteiger partial charge is 0.335 e. The van der Waals surface area contributed by atoms with E-state index in [0.717, 1.165) is 48.3 Å². The third-order valence-electron chi connectivity index (χ3n) is 6.00. The van der Waals surface area contributed by atoms with E-state index in [1.54, 1.807) is 12.1 Å². The van der Waals surface area contributed by atoms with Gasteiger partial charge in [0.1, 0.15) is 0 Å². The van der Waals surface area contributed by atoms with Crippen LogP contribution in [0.5, 0.6) is 0 Å². The predicted molar refractivity (Wildman–Crippen MR) is 131 cm³/mol. The van der Waals surface area contributed by atoms with Gasteiger partial charge in [0, 0.05) is 29.4 Å². The molecule has 0 aromatic heterocycles. The second-order valence-corrected chi connectivity index (χ2v) is 8.78. The molecule has 1 fully saturated rings. The molecule has 3 aromatic rings. The lowest BCUT2D eigenvalue weighted by Crippen LogP contribution is -2.34. The fourth-order valence-corrected chi connectivity index (χ4v) is 4.51. The van der Waals surface area contributed by atoms with Crippen LogP contribution in [-0.4, -0.2) is 30.1 Å². The van der Waals surface area contributed by atoms with Gasteiger partial charge in [-0.25, -0.2) is 4.79 Å². The van der Waals surface area contributed by atoms with Crippen LogP contribution in [0.3, 0.4) is 0 Å². The highest BCUT2D eigenvalue weighted by Crippen LogP contribution is 2.34. The second-order valence-electron chi connectivity index (χ2n) is 8.34. The summed E-state index contributed by atoms with van der Waals surface area (Å²) in [6.07, 6.45) is 3.69. The Morgan fingerprint density at radius 3 is 2.30 bits per heavy atom. The lowest BCUT2D eigenvalue weighted by atomic mass is 9.95. The number of rotatable bonds is 7. The third kappa shape index (κ3) is 5.74. The van der Waals surface area contributed by atoms with Gasteiger partial charge in [-0.2, -0.15) is 0 Å². The Bertz CT molecular complexity index is 1110. The number of hydrogen-bond donors (Lipinski definition) is 2. The first-order chi connectivity index (χ1) is 16.0. The summed E-state index contributed by atoms with van der Waals surface area (Å²) in [7, 11) is 0. The molecule has 1 aliphatic rings. The predicted octanol–water partition coefficient (Wildman–Crippen LogP) is 5.48. The SMILES string of the molecule is O=C(Cc1ccc(C(=O)O)cc1)NC(c1ccccc1)c1cc(Cl)ccc1N1CCCCC1. The van der Waals surface area contributed by atoms with Gasteiger partial charge < -0.3 is 15.3 Å². The van der Waals surface area contributed by atoms with E-state index in [0.29, 0.717) is 5.02 Å². The van der Waals surface area contributed by atoms with E-state index in [-0.39, 0.29) is 23.9 Å². The molecule has 1 atom stereocenters. The van der Waals surface area contributed by atoms with E-state index in [4.69, 9.17) is 16.7 Å². The van der Waals surface area contributed by atoms with Gasteiger partial charge in [-0.05, 0) is 60.7 Å². The molecule has 0 saturated carbocycles. The largest absolute Gasteiger partial charge is 0.478 e. The number of piperidine rings is 1. The van der Waals surface area contributed by atoms with E-state index in [1.165, 1.54) is 18.6 Å². The molecule has 1 amide bonds.